The fraction of sp³-hybridized carbons (Fsp3) is 0.231. The Hall–Kier alpha value is -3.87. The van der Waals surface area contributed by atoms with Gasteiger partial charge in [-0.25, -0.2) is 9.18 Å². The van der Waals surface area contributed by atoms with E-state index in [1.165, 1.54) is 7.11 Å². The molecule has 0 saturated carbocycles. The predicted molar refractivity (Wildman–Crippen MR) is 122 cm³/mol. The summed E-state index contributed by atoms with van der Waals surface area (Å²) in [6.07, 6.45) is -0.0261. The van der Waals surface area contributed by atoms with Crippen molar-refractivity contribution in [2.45, 2.75) is 24.8 Å². The van der Waals surface area contributed by atoms with Gasteiger partial charge in [-0.3, -0.25) is 4.79 Å². The number of halogens is 1. The van der Waals surface area contributed by atoms with Gasteiger partial charge in [0, 0.05) is 28.8 Å². The van der Waals surface area contributed by atoms with Gasteiger partial charge in [-0.15, -0.1) is 0 Å². The number of anilines is 1. The molecule has 0 spiro atoms. The first kappa shape index (κ1) is 21.0. The van der Waals surface area contributed by atoms with E-state index in [0.29, 0.717) is 18.4 Å². The van der Waals surface area contributed by atoms with Crippen LogP contribution in [-0.2, 0) is 11.2 Å². The first-order valence-electron chi connectivity index (χ1n) is 10.8. The lowest BCUT2D eigenvalue weighted by atomic mass is 9.85. The summed E-state index contributed by atoms with van der Waals surface area (Å²) < 4.78 is 24.8. The second-order valence-corrected chi connectivity index (χ2v) is 8.26. The maximum absolute atomic E-state index is 14.1. The van der Waals surface area contributed by atoms with Gasteiger partial charge in [0.2, 0.25) is 0 Å². The minimum absolute atomic E-state index is 0.0205. The van der Waals surface area contributed by atoms with Gasteiger partial charge in [-0.1, -0.05) is 48.5 Å². The number of nitrogen functional groups attached to an aromatic ring is 1. The molecule has 1 amide bonds. The standard InChI is InChI=1S/C26H23FN2O4/c1-32-25-18-10-11-22(24(30)23(18)21(28)12-20(25)27)29-26(31)33-13-19-16-8-4-2-6-14(16)15-7-3-5-9-17(15)19/h2-9,12,19,22H,10-11,13,28H2,1H3,(H,29,31). The lowest BCUT2D eigenvalue weighted by Gasteiger charge is -2.26. The van der Waals surface area contributed by atoms with Crippen molar-refractivity contribution in [2.24, 2.45) is 0 Å². The predicted octanol–water partition coefficient (Wildman–Crippen LogP) is 4.45. The van der Waals surface area contributed by atoms with Crippen molar-refractivity contribution in [3.8, 4) is 16.9 Å². The lowest BCUT2D eigenvalue weighted by molar-refractivity contribution is 0.0903. The molecule has 2 aliphatic carbocycles. The van der Waals surface area contributed by atoms with Crippen molar-refractivity contribution in [1.82, 2.24) is 5.32 Å². The summed E-state index contributed by atoms with van der Waals surface area (Å²) in [7, 11) is 1.35. The SMILES string of the molecule is COc1c(F)cc(N)c2c1CCC(NC(=O)OCC1c3ccccc3-c3ccccc31)C2=O. The average Bonchev–Trinajstić information content (AvgIpc) is 3.13. The molecule has 0 fully saturated rings. The Kier molecular flexibility index (Phi) is 5.24. The number of fused-ring (bicyclic) bond motifs is 4. The van der Waals surface area contributed by atoms with Gasteiger partial charge < -0.3 is 20.5 Å². The number of rotatable bonds is 4. The molecule has 0 bridgehead atoms. The summed E-state index contributed by atoms with van der Waals surface area (Å²) in [4.78, 5) is 25.6. The van der Waals surface area contributed by atoms with Crippen LogP contribution in [0.15, 0.2) is 54.6 Å². The molecule has 1 atom stereocenters. The number of carbonyl (C=O) groups excluding carboxylic acids is 2. The Bertz CT molecular complexity index is 1230. The van der Waals surface area contributed by atoms with Crippen LogP contribution < -0.4 is 15.8 Å². The van der Waals surface area contributed by atoms with Crippen molar-refractivity contribution >= 4 is 17.6 Å². The molecule has 3 N–H and O–H groups in total. The van der Waals surface area contributed by atoms with E-state index in [0.717, 1.165) is 28.3 Å². The number of ether oxygens (including phenoxy) is 2. The number of ketones is 1. The van der Waals surface area contributed by atoms with Crippen LogP contribution in [0, 0.1) is 5.82 Å². The van der Waals surface area contributed by atoms with E-state index < -0.39 is 18.0 Å². The normalized spacial score (nSPS) is 16.5. The number of hydrogen-bond acceptors (Lipinski definition) is 5. The Morgan fingerprint density at radius 1 is 1.12 bits per heavy atom. The van der Waals surface area contributed by atoms with Crippen LogP contribution in [0.25, 0.3) is 11.1 Å². The topological polar surface area (TPSA) is 90.7 Å². The molecule has 7 heteroatoms. The molecule has 6 nitrogen and oxygen atoms in total. The number of hydrogen-bond donors (Lipinski definition) is 2. The van der Waals surface area contributed by atoms with Crippen molar-refractivity contribution < 1.29 is 23.5 Å². The Balaban J connectivity index is 1.30. The first-order chi connectivity index (χ1) is 16.0. The molecule has 5 rings (SSSR count). The maximum atomic E-state index is 14.1. The summed E-state index contributed by atoms with van der Waals surface area (Å²) in [6.45, 7) is 0.151. The van der Waals surface area contributed by atoms with Gasteiger partial charge >= 0.3 is 6.09 Å². The van der Waals surface area contributed by atoms with Crippen LogP contribution in [0.1, 0.15) is 39.4 Å². The first-order valence-corrected chi connectivity index (χ1v) is 10.8. The van der Waals surface area contributed by atoms with E-state index in [2.05, 4.69) is 17.4 Å². The van der Waals surface area contributed by atoms with Gasteiger partial charge in [-0.05, 0) is 35.1 Å². The molecule has 0 heterocycles. The third kappa shape index (κ3) is 3.50. The molecule has 3 aromatic carbocycles. The fourth-order valence-corrected chi connectivity index (χ4v) is 4.97. The largest absolute Gasteiger partial charge is 0.493 e. The summed E-state index contributed by atoms with van der Waals surface area (Å²) in [5.41, 5.74) is 11.1. The fourth-order valence-electron chi connectivity index (χ4n) is 4.97. The number of nitrogens with two attached hydrogens (primary N) is 1. The third-order valence-corrected chi connectivity index (χ3v) is 6.45. The number of Topliss-reactive ketones (excluding diaryl/α,β-unsaturated/α-hetero) is 1. The molecule has 33 heavy (non-hydrogen) atoms. The number of methoxy groups -OCH3 is 1. The van der Waals surface area contributed by atoms with Crippen LogP contribution in [-0.4, -0.2) is 31.6 Å². The van der Waals surface area contributed by atoms with E-state index >= 15 is 0 Å². The van der Waals surface area contributed by atoms with Crippen LogP contribution in [0.4, 0.5) is 14.9 Å². The smallest absolute Gasteiger partial charge is 0.407 e. The van der Waals surface area contributed by atoms with Crippen molar-refractivity contribution in [3.05, 3.63) is 82.7 Å². The summed E-state index contributed by atoms with van der Waals surface area (Å²) >= 11 is 0. The lowest BCUT2D eigenvalue weighted by Crippen LogP contribution is -2.44. The van der Waals surface area contributed by atoms with Gasteiger partial charge in [0.25, 0.3) is 0 Å². The zero-order valence-electron chi connectivity index (χ0n) is 18.1. The zero-order valence-corrected chi connectivity index (χ0v) is 18.1. The van der Waals surface area contributed by atoms with Crippen molar-refractivity contribution in [1.29, 1.82) is 0 Å². The molecule has 3 aromatic rings. The van der Waals surface area contributed by atoms with Crippen LogP contribution in [0.2, 0.25) is 0 Å². The van der Waals surface area contributed by atoms with Gasteiger partial charge in [-0.2, -0.15) is 0 Å². The van der Waals surface area contributed by atoms with Crippen molar-refractivity contribution in [2.75, 3.05) is 19.5 Å². The summed E-state index contributed by atoms with van der Waals surface area (Å²) in [5, 5.41) is 2.66. The van der Waals surface area contributed by atoms with Gasteiger partial charge in [0.05, 0.1) is 13.2 Å². The van der Waals surface area contributed by atoms with E-state index in [4.69, 9.17) is 15.2 Å². The second-order valence-electron chi connectivity index (χ2n) is 8.26. The Labute approximate surface area is 190 Å². The molecule has 1 unspecified atom stereocenters. The van der Waals surface area contributed by atoms with Crippen LogP contribution in [0.3, 0.4) is 0 Å². The van der Waals surface area contributed by atoms with Gasteiger partial charge in [0.1, 0.15) is 6.61 Å². The van der Waals surface area contributed by atoms with Crippen molar-refractivity contribution in [3.63, 3.8) is 0 Å². The Morgan fingerprint density at radius 2 is 1.76 bits per heavy atom. The molecule has 2 aliphatic rings. The second kappa shape index (κ2) is 8.24. The third-order valence-electron chi connectivity index (χ3n) is 6.45. The molecule has 168 valence electrons. The highest BCUT2D eigenvalue weighted by atomic mass is 19.1. The summed E-state index contributed by atoms with van der Waals surface area (Å²) in [5.74, 6) is -1.04. The number of nitrogens with one attached hydrogen (secondary N) is 1. The van der Waals surface area contributed by atoms with Crippen LogP contribution in [0.5, 0.6) is 5.75 Å². The average molecular weight is 446 g/mol. The highest BCUT2D eigenvalue weighted by molar-refractivity contribution is 6.08. The molecule has 0 radical (unpaired) electrons. The number of amides is 1. The number of carbonyl (C=O) groups is 2. The molecular weight excluding hydrogens is 423 g/mol. The quantitative estimate of drug-likeness (QED) is 0.578. The monoisotopic (exact) mass is 446 g/mol. The molecule has 0 aliphatic heterocycles. The van der Waals surface area contributed by atoms with E-state index in [1.807, 2.05) is 36.4 Å². The van der Waals surface area contributed by atoms with Crippen LogP contribution >= 0.6 is 0 Å². The highest BCUT2D eigenvalue weighted by Crippen LogP contribution is 2.44. The van der Waals surface area contributed by atoms with E-state index in [1.54, 1.807) is 0 Å². The number of benzene rings is 3. The minimum atomic E-state index is -0.800. The maximum Gasteiger partial charge on any atom is 0.407 e. The zero-order chi connectivity index (χ0) is 23.1. The number of alkyl carbamates (subject to hydrolysis) is 1. The molecule has 0 saturated heterocycles. The van der Waals surface area contributed by atoms with E-state index in [9.17, 15) is 14.0 Å². The Morgan fingerprint density at radius 3 is 2.39 bits per heavy atom. The molecular formula is C26H23FN2O4. The minimum Gasteiger partial charge on any atom is -0.493 e. The van der Waals surface area contributed by atoms with E-state index in [-0.39, 0.29) is 35.3 Å². The van der Waals surface area contributed by atoms with Gasteiger partial charge in [0.15, 0.2) is 17.3 Å². The summed E-state index contributed by atoms with van der Waals surface area (Å²) in [6, 6.07) is 16.4. The highest BCUT2D eigenvalue weighted by Gasteiger charge is 2.35. The molecule has 0 aromatic heterocycles.